The van der Waals surface area contributed by atoms with Gasteiger partial charge in [-0.15, -0.1) is 11.6 Å². The van der Waals surface area contributed by atoms with Gasteiger partial charge < -0.3 is 14.6 Å². The number of aromatic hydroxyl groups is 1. The monoisotopic (exact) mass is 680 g/mol. The first-order valence-corrected chi connectivity index (χ1v) is 12.9. The number of nitrogens with zero attached hydrogens (tertiary/aromatic N) is 2. The molecule has 1 aromatic heterocycles. The Balaban J connectivity index is 0.00000320. The molecule has 0 bridgehead atoms. The van der Waals surface area contributed by atoms with Crippen molar-refractivity contribution in [1.82, 2.24) is 4.98 Å². The molecule has 2 atom stereocenters. The fraction of sp³-hybridized carbons (Fsp3) is 0.484. The first kappa shape index (κ1) is 27.6. The summed E-state index contributed by atoms with van der Waals surface area (Å²) in [5.41, 5.74) is 2.60. The maximum absolute atomic E-state index is 10.4. The molecule has 0 amide bonds. The Morgan fingerprint density at radius 1 is 1.03 bits per heavy atom. The number of rotatable bonds is 3. The van der Waals surface area contributed by atoms with E-state index in [1.807, 2.05) is 31.2 Å². The summed E-state index contributed by atoms with van der Waals surface area (Å²) in [7, 11) is 0. The molecule has 37 heavy (non-hydrogen) atoms. The van der Waals surface area contributed by atoms with Crippen LogP contribution in [0.4, 0.5) is 0 Å². The Bertz CT molecular complexity index is 1390. The Morgan fingerprint density at radius 2 is 1.76 bits per heavy atom. The molecule has 1 saturated carbocycles. The van der Waals surface area contributed by atoms with Crippen molar-refractivity contribution in [1.29, 1.82) is 0 Å². The maximum atomic E-state index is 10.4. The van der Waals surface area contributed by atoms with Crippen LogP contribution in [0, 0.1) is 18.4 Å². The summed E-state index contributed by atoms with van der Waals surface area (Å²) in [5.74, 6) is 1.72. The van der Waals surface area contributed by atoms with Gasteiger partial charge in [0.2, 0.25) is 5.88 Å². The second-order valence-electron chi connectivity index (χ2n) is 12.6. The van der Waals surface area contributed by atoms with Crippen LogP contribution in [0.15, 0.2) is 41.4 Å². The van der Waals surface area contributed by atoms with Crippen LogP contribution >= 0.6 is 0 Å². The van der Waals surface area contributed by atoms with E-state index in [2.05, 4.69) is 65.6 Å². The molecule has 200 valence electrons. The summed E-state index contributed by atoms with van der Waals surface area (Å²) in [6.45, 7) is 17.5. The van der Waals surface area contributed by atoms with Crippen molar-refractivity contribution in [3.63, 3.8) is 0 Å². The van der Waals surface area contributed by atoms with Crippen LogP contribution < -0.4 is 4.74 Å². The smallest absolute Gasteiger partial charge is 0.217 e. The van der Waals surface area contributed by atoms with Crippen LogP contribution in [0.3, 0.4) is 0 Å². The van der Waals surface area contributed by atoms with Gasteiger partial charge in [0.1, 0.15) is 22.8 Å². The van der Waals surface area contributed by atoms with Gasteiger partial charge in [-0.2, -0.15) is 0 Å². The minimum Gasteiger partial charge on any atom is -0.511 e. The number of fused-ring (bicyclic) bond motifs is 2. The van der Waals surface area contributed by atoms with E-state index in [0.717, 1.165) is 41.3 Å². The van der Waals surface area contributed by atoms with Crippen molar-refractivity contribution in [3.05, 3.63) is 59.2 Å². The molecule has 0 spiro atoms. The summed E-state index contributed by atoms with van der Waals surface area (Å²) in [6, 6.07) is 15.0. The summed E-state index contributed by atoms with van der Waals surface area (Å²) in [5, 5.41) is 11.3. The number of aliphatic imine (C=N–C) groups is 1. The molecular formula is C31H37N2O3Pt-. The first-order valence-electron chi connectivity index (χ1n) is 12.9. The van der Waals surface area contributed by atoms with Gasteiger partial charge in [0.15, 0.2) is 0 Å². The number of aromatic nitrogens is 1. The summed E-state index contributed by atoms with van der Waals surface area (Å²) >= 11 is 0. The van der Waals surface area contributed by atoms with Crippen molar-refractivity contribution in [2.24, 2.45) is 10.4 Å². The molecule has 1 N–H and O–H groups in total. The molecule has 1 fully saturated rings. The average molecular weight is 681 g/mol. The minimum absolute atomic E-state index is 0. The minimum atomic E-state index is -0.393. The molecule has 0 saturated heterocycles. The number of hydrogen-bond acceptors (Lipinski definition) is 5. The van der Waals surface area contributed by atoms with Gasteiger partial charge in [-0.1, -0.05) is 58.7 Å². The predicted molar refractivity (Wildman–Crippen MR) is 144 cm³/mol. The van der Waals surface area contributed by atoms with Gasteiger partial charge in [-0.3, -0.25) is 4.99 Å². The molecule has 0 radical (unpaired) electrons. The molecule has 2 heterocycles. The van der Waals surface area contributed by atoms with E-state index >= 15 is 0 Å². The van der Waals surface area contributed by atoms with Crippen molar-refractivity contribution in [2.45, 2.75) is 91.2 Å². The maximum Gasteiger partial charge on any atom is 0.217 e. The van der Waals surface area contributed by atoms with Crippen LogP contribution in [0.2, 0.25) is 0 Å². The Morgan fingerprint density at radius 3 is 2.43 bits per heavy atom. The molecule has 2 aromatic carbocycles. The van der Waals surface area contributed by atoms with Gasteiger partial charge in [-0.25, -0.2) is 4.98 Å². The zero-order chi connectivity index (χ0) is 26.1. The Hall–Kier alpha value is -2.39. The van der Waals surface area contributed by atoms with E-state index < -0.39 is 5.60 Å². The van der Waals surface area contributed by atoms with Crippen LogP contribution in [0.1, 0.15) is 84.4 Å². The standard InChI is InChI=1S/C31H37N2O3.Pt/c1-19-14-20-10-11-25(32-26(20)24(34)15-19)35-23-17-21(16-22(18-23)28(2,3)4)27-33-30(7)13-9-12-29(5,6)31(30,8)36-27;/h10-11,14-16,18,34H,9,12-13H2,1-8H3;/q-1;/t30-,31+;/m0./s1. The van der Waals surface area contributed by atoms with Crippen LogP contribution in [-0.4, -0.2) is 27.1 Å². The average Bonchev–Trinajstić information content (AvgIpc) is 3.06. The molecule has 0 unspecified atom stereocenters. The second-order valence-corrected chi connectivity index (χ2v) is 12.6. The van der Waals surface area contributed by atoms with Crippen LogP contribution in [0.25, 0.3) is 10.9 Å². The zero-order valence-electron chi connectivity index (χ0n) is 23.1. The van der Waals surface area contributed by atoms with E-state index in [4.69, 9.17) is 14.5 Å². The van der Waals surface area contributed by atoms with Crippen LogP contribution in [0.5, 0.6) is 17.4 Å². The number of hydrogen-bond donors (Lipinski definition) is 1. The van der Waals surface area contributed by atoms with E-state index in [1.54, 1.807) is 6.07 Å². The molecule has 5 nitrogen and oxygen atoms in total. The normalized spacial score (nSPS) is 24.6. The fourth-order valence-corrected chi connectivity index (χ4v) is 5.71. The SMILES string of the molecule is Cc1cc(O)c2nc(Oc3[c-]c(C4=N[C@@]5(C)CCCC(C)(C)[C@@]5(C)O4)cc(C(C)(C)C)c3)ccc2c1.[Pt]. The number of phenols is 1. The third-order valence-electron chi connectivity index (χ3n) is 8.48. The predicted octanol–water partition coefficient (Wildman–Crippen LogP) is 7.64. The van der Waals surface area contributed by atoms with Crippen LogP contribution in [-0.2, 0) is 31.2 Å². The first-order chi connectivity index (χ1) is 16.7. The molecule has 5 rings (SSSR count). The van der Waals surface area contributed by atoms with Gasteiger partial charge in [0.25, 0.3) is 0 Å². The molecule has 3 aromatic rings. The summed E-state index contributed by atoms with van der Waals surface area (Å²) in [4.78, 5) is 9.75. The fourth-order valence-electron chi connectivity index (χ4n) is 5.71. The van der Waals surface area contributed by atoms with Crippen molar-refractivity contribution in [2.75, 3.05) is 0 Å². The number of pyridine rings is 1. The number of benzene rings is 2. The number of aryl methyl sites for hydroxylation is 1. The van der Waals surface area contributed by atoms with Gasteiger partial charge in [0.05, 0.1) is 5.54 Å². The summed E-state index contributed by atoms with van der Waals surface area (Å²) in [6.07, 6.45) is 3.25. The van der Waals surface area contributed by atoms with E-state index in [0.29, 0.717) is 23.0 Å². The van der Waals surface area contributed by atoms with Crippen molar-refractivity contribution >= 4 is 16.8 Å². The molecule has 1 aliphatic carbocycles. The topological polar surface area (TPSA) is 63.9 Å². The van der Waals surface area contributed by atoms with Gasteiger partial charge in [-0.05, 0) is 62.8 Å². The van der Waals surface area contributed by atoms with Gasteiger partial charge in [0, 0.05) is 43.7 Å². The quantitative estimate of drug-likeness (QED) is 0.289. The van der Waals surface area contributed by atoms with Crippen molar-refractivity contribution in [3.8, 4) is 17.4 Å². The Kier molecular flexibility index (Phi) is 6.81. The van der Waals surface area contributed by atoms with Crippen molar-refractivity contribution < 1.29 is 35.6 Å². The van der Waals surface area contributed by atoms with E-state index in [1.165, 1.54) is 0 Å². The third kappa shape index (κ3) is 4.69. The largest absolute Gasteiger partial charge is 0.511 e. The third-order valence-corrected chi connectivity index (χ3v) is 8.48. The molecule has 6 heteroatoms. The zero-order valence-corrected chi connectivity index (χ0v) is 25.3. The molecule has 1 aliphatic heterocycles. The molecule has 2 aliphatic rings. The van der Waals surface area contributed by atoms with E-state index in [9.17, 15) is 5.11 Å². The number of phenolic OH excluding ortho intramolecular Hbond substituents is 1. The Labute approximate surface area is 235 Å². The molecular weight excluding hydrogens is 643 g/mol. The van der Waals surface area contributed by atoms with E-state index in [-0.39, 0.29) is 43.2 Å². The summed E-state index contributed by atoms with van der Waals surface area (Å²) < 4.78 is 13.0. The second kappa shape index (κ2) is 9.12. The van der Waals surface area contributed by atoms with Gasteiger partial charge >= 0.3 is 0 Å². The number of ether oxygens (including phenoxy) is 2.